The molecule has 10 heteroatoms. The van der Waals surface area contributed by atoms with E-state index in [-0.39, 0.29) is 12.6 Å². The van der Waals surface area contributed by atoms with Gasteiger partial charge in [0, 0.05) is 24.1 Å². The molecule has 0 aliphatic heterocycles. The predicted molar refractivity (Wildman–Crippen MR) is 150 cm³/mol. The Balaban J connectivity index is 1.63. The van der Waals surface area contributed by atoms with E-state index in [9.17, 15) is 4.79 Å². The number of aryl methyl sites for hydroxylation is 1. The van der Waals surface area contributed by atoms with Crippen molar-refractivity contribution in [3.05, 3.63) is 95.9 Å². The number of anilines is 5. The highest BCUT2D eigenvalue weighted by molar-refractivity contribution is 6.32. The zero-order chi connectivity index (χ0) is 26.9. The SMILES string of the molecule is C=CC(=O)Nc1cc(Nc2ncc(Cl)c(Nc3ccccc3CC)n2)c(OC)cc1OCc1ccncc1. The number of para-hydroxylation sites is 1. The molecule has 0 fully saturated rings. The van der Waals surface area contributed by atoms with Crippen molar-refractivity contribution < 1.29 is 14.3 Å². The second-order valence-electron chi connectivity index (χ2n) is 8.04. The molecule has 38 heavy (non-hydrogen) atoms. The summed E-state index contributed by atoms with van der Waals surface area (Å²) in [6.45, 7) is 5.87. The van der Waals surface area contributed by atoms with Crippen molar-refractivity contribution in [1.82, 2.24) is 15.0 Å². The number of halogens is 1. The molecule has 9 nitrogen and oxygen atoms in total. The largest absolute Gasteiger partial charge is 0.494 e. The molecule has 0 atom stereocenters. The van der Waals surface area contributed by atoms with E-state index >= 15 is 0 Å². The van der Waals surface area contributed by atoms with E-state index in [2.05, 4.69) is 44.4 Å². The minimum Gasteiger partial charge on any atom is -0.494 e. The molecule has 0 aliphatic rings. The molecule has 2 aromatic heterocycles. The van der Waals surface area contributed by atoms with E-state index in [1.807, 2.05) is 36.4 Å². The van der Waals surface area contributed by atoms with Crippen molar-refractivity contribution in [2.24, 2.45) is 0 Å². The number of nitrogens with zero attached hydrogens (tertiary/aromatic N) is 3. The summed E-state index contributed by atoms with van der Waals surface area (Å²) < 4.78 is 11.6. The summed E-state index contributed by atoms with van der Waals surface area (Å²) in [4.78, 5) is 25.0. The summed E-state index contributed by atoms with van der Waals surface area (Å²) in [5.74, 6) is 1.20. The Bertz CT molecular complexity index is 1430. The van der Waals surface area contributed by atoms with Crippen LogP contribution in [-0.4, -0.2) is 28.0 Å². The molecule has 1 amide bonds. The Morgan fingerprint density at radius 2 is 1.84 bits per heavy atom. The summed E-state index contributed by atoms with van der Waals surface area (Å²) in [5, 5.41) is 9.58. The third-order valence-electron chi connectivity index (χ3n) is 5.53. The molecule has 2 aromatic carbocycles. The highest BCUT2D eigenvalue weighted by Gasteiger charge is 2.16. The predicted octanol–water partition coefficient (Wildman–Crippen LogP) is 6.29. The van der Waals surface area contributed by atoms with Crippen molar-refractivity contribution in [3.8, 4) is 11.5 Å². The number of hydrogen-bond acceptors (Lipinski definition) is 8. The van der Waals surface area contributed by atoms with Crippen molar-refractivity contribution in [2.75, 3.05) is 23.1 Å². The van der Waals surface area contributed by atoms with Crippen LogP contribution in [0.25, 0.3) is 0 Å². The maximum atomic E-state index is 12.1. The lowest BCUT2D eigenvalue weighted by Crippen LogP contribution is -2.10. The zero-order valence-corrected chi connectivity index (χ0v) is 21.7. The van der Waals surface area contributed by atoms with Gasteiger partial charge in [-0.3, -0.25) is 9.78 Å². The Kier molecular flexibility index (Phi) is 8.73. The summed E-state index contributed by atoms with van der Waals surface area (Å²) in [7, 11) is 1.53. The summed E-state index contributed by atoms with van der Waals surface area (Å²) in [5.41, 5.74) is 3.87. The highest BCUT2D eigenvalue weighted by Crippen LogP contribution is 2.38. The first-order chi connectivity index (χ1) is 18.5. The average Bonchev–Trinajstić information content (AvgIpc) is 2.95. The van der Waals surface area contributed by atoms with Crippen molar-refractivity contribution in [3.63, 3.8) is 0 Å². The van der Waals surface area contributed by atoms with E-state index < -0.39 is 5.91 Å². The molecule has 0 radical (unpaired) electrons. The van der Waals surface area contributed by atoms with E-state index in [0.717, 1.165) is 23.2 Å². The number of hydrogen-bond donors (Lipinski definition) is 3. The lowest BCUT2D eigenvalue weighted by molar-refractivity contribution is -0.111. The van der Waals surface area contributed by atoms with Gasteiger partial charge in [-0.25, -0.2) is 4.98 Å². The van der Waals surface area contributed by atoms with E-state index in [0.29, 0.717) is 33.7 Å². The van der Waals surface area contributed by atoms with Crippen molar-refractivity contribution >= 4 is 46.3 Å². The highest BCUT2D eigenvalue weighted by atomic mass is 35.5. The number of benzene rings is 2. The summed E-state index contributed by atoms with van der Waals surface area (Å²) in [6.07, 6.45) is 6.90. The van der Waals surface area contributed by atoms with Crippen molar-refractivity contribution in [2.45, 2.75) is 20.0 Å². The second-order valence-corrected chi connectivity index (χ2v) is 8.44. The minimum absolute atomic E-state index is 0.268. The Hall–Kier alpha value is -4.63. The number of nitrogens with one attached hydrogen (secondary N) is 3. The van der Waals surface area contributed by atoms with Gasteiger partial charge in [0.15, 0.2) is 5.82 Å². The molecule has 3 N–H and O–H groups in total. The molecule has 2 heterocycles. The van der Waals surface area contributed by atoms with Crippen LogP contribution < -0.4 is 25.4 Å². The molecule has 4 rings (SSSR count). The number of aromatic nitrogens is 3. The molecule has 0 spiro atoms. The van der Waals surface area contributed by atoms with Crippen LogP contribution in [0, 0.1) is 0 Å². The maximum absolute atomic E-state index is 12.1. The van der Waals surface area contributed by atoms with Gasteiger partial charge in [-0.15, -0.1) is 0 Å². The molecule has 194 valence electrons. The van der Waals surface area contributed by atoms with Gasteiger partial charge >= 0.3 is 0 Å². The minimum atomic E-state index is -0.390. The molecule has 0 saturated carbocycles. The topological polar surface area (TPSA) is 110 Å². The number of amides is 1. The van der Waals surface area contributed by atoms with E-state index in [4.69, 9.17) is 21.1 Å². The van der Waals surface area contributed by atoms with Gasteiger partial charge in [-0.2, -0.15) is 4.98 Å². The van der Waals surface area contributed by atoms with Gasteiger partial charge in [-0.05, 0) is 47.9 Å². The number of pyridine rings is 1. The first-order valence-electron chi connectivity index (χ1n) is 11.8. The van der Waals surface area contributed by atoms with Crippen LogP contribution in [0.3, 0.4) is 0 Å². The summed E-state index contributed by atoms with van der Waals surface area (Å²) >= 11 is 6.39. The van der Waals surface area contributed by atoms with Crippen LogP contribution in [0.15, 0.2) is 79.8 Å². The molecule has 0 aliphatic carbocycles. The standard InChI is InChI=1S/C28H27ClN6O3/c1-4-19-8-6-7-9-21(19)33-27-20(29)16-31-28(35-27)34-22-14-23(32-26(36)5-2)25(15-24(22)37-3)38-17-18-10-12-30-13-11-18/h5-16H,2,4,17H2,1,3H3,(H,32,36)(H2,31,33,34,35). The summed E-state index contributed by atoms with van der Waals surface area (Å²) in [6, 6.07) is 15.0. The van der Waals surface area contributed by atoms with Gasteiger partial charge < -0.3 is 25.4 Å². The Morgan fingerprint density at radius 1 is 1.05 bits per heavy atom. The van der Waals surface area contributed by atoms with Gasteiger partial charge in [0.05, 0.1) is 24.7 Å². The third-order valence-corrected chi connectivity index (χ3v) is 5.81. The van der Waals surface area contributed by atoms with Crippen LogP contribution in [-0.2, 0) is 17.8 Å². The number of methoxy groups -OCH3 is 1. The molecule has 0 saturated heterocycles. The second kappa shape index (κ2) is 12.6. The first-order valence-corrected chi connectivity index (χ1v) is 12.2. The van der Waals surface area contributed by atoms with E-state index in [1.54, 1.807) is 24.5 Å². The van der Waals surface area contributed by atoms with Gasteiger partial charge in [0.1, 0.15) is 23.1 Å². The van der Waals surface area contributed by atoms with Gasteiger partial charge in [0.2, 0.25) is 11.9 Å². The van der Waals surface area contributed by atoms with Gasteiger partial charge in [-0.1, -0.05) is 43.3 Å². The van der Waals surface area contributed by atoms with Crippen LogP contribution >= 0.6 is 11.6 Å². The monoisotopic (exact) mass is 530 g/mol. The van der Waals surface area contributed by atoms with Gasteiger partial charge in [0.25, 0.3) is 0 Å². The lowest BCUT2D eigenvalue weighted by atomic mass is 10.1. The quantitative estimate of drug-likeness (QED) is 0.194. The molecule has 4 aromatic rings. The molecule has 0 bridgehead atoms. The molecular formula is C28H27ClN6O3. The fraction of sp³-hybridized carbons (Fsp3) is 0.143. The van der Waals surface area contributed by atoms with Crippen LogP contribution in [0.2, 0.25) is 5.02 Å². The van der Waals surface area contributed by atoms with Crippen molar-refractivity contribution in [1.29, 1.82) is 0 Å². The fourth-order valence-corrected chi connectivity index (χ4v) is 3.72. The van der Waals surface area contributed by atoms with E-state index in [1.165, 1.54) is 19.4 Å². The smallest absolute Gasteiger partial charge is 0.247 e. The fourth-order valence-electron chi connectivity index (χ4n) is 3.58. The maximum Gasteiger partial charge on any atom is 0.247 e. The Morgan fingerprint density at radius 3 is 2.58 bits per heavy atom. The number of carbonyl (C=O) groups excluding carboxylic acids is 1. The Labute approximate surface area is 225 Å². The number of rotatable bonds is 11. The lowest BCUT2D eigenvalue weighted by Gasteiger charge is -2.18. The molecule has 0 unspecified atom stereocenters. The normalized spacial score (nSPS) is 10.4. The average molecular weight is 531 g/mol. The van der Waals surface area contributed by atoms with Crippen LogP contribution in [0.5, 0.6) is 11.5 Å². The van der Waals surface area contributed by atoms with Crippen LogP contribution in [0.1, 0.15) is 18.1 Å². The molecular weight excluding hydrogens is 504 g/mol. The number of carbonyl (C=O) groups is 1. The zero-order valence-electron chi connectivity index (χ0n) is 21.0. The number of ether oxygens (including phenoxy) is 2. The third kappa shape index (κ3) is 6.57. The van der Waals surface area contributed by atoms with Crippen LogP contribution in [0.4, 0.5) is 28.8 Å². The first kappa shape index (κ1) is 26.4.